The number of hydrogen-bond acceptors (Lipinski definition) is 3. The lowest BCUT2D eigenvalue weighted by Crippen LogP contribution is -2.36. The second-order valence-corrected chi connectivity index (χ2v) is 8.66. The van der Waals surface area contributed by atoms with Crippen molar-refractivity contribution < 1.29 is 14.0 Å². The number of carbonyl (C=O) groups is 2. The Labute approximate surface area is 204 Å². The van der Waals surface area contributed by atoms with Crippen LogP contribution >= 0.6 is 0 Å². The minimum Gasteiger partial charge on any atom is -0.371 e. The quantitative estimate of drug-likeness (QED) is 0.431. The summed E-state index contributed by atoms with van der Waals surface area (Å²) in [5.74, 6) is -0.0605. The number of carbonyl (C=O) groups excluding carboxylic acids is 2. The van der Waals surface area contributed by atoms with Gasteiger partial charge in [0.25, 0.3) is 0 Å². The summed E-state index contributed by atoms with van der Waals surface area (Å²) in [6.45, 7) is 12.3. The molecular weight excluding hydrogens is 425 g/mol. The molecule has 0 fully saturated rings. The van der Waals surface area contributed by atoms with E-state index in [1.807, 2.05) is 32.6 Å². The highest BCUT2D eigenvalue weighted by molar-refractivity contribution is 5.58. The van der Waals surface area contributed by atoms with Gasteiger partial charge in [-0.25, -0.2) is 4.39 Å². The van der Waals surface area contributed by atoms with Crippen molar-refractivity contribution in [1.82, 2.24) is 0 Å². The van der Waals surface area contributed by atoms with Crippen LogP contribution in [-0.2, 0) is 22.4 Å². The van der Waals surface area contributed by atoms with Crippen molar-refractivity contribution >= 4 is 19.3 Å². The van der Waals surface area contributed by atoms with E-state index in [9.17, 15) is 4.39 Å². The largest absolute Gasteiger partial charge is 0.371 e. The normalized spacial score (nSPS) is 13.7. The van der Waals surface area contributed by atoms with Crippen LogP contribution in [0.5, 0.6) is 0 Å². The molecule has 34 heavy (non-hydrogen) atoms. The van der Waals surface area contributed by atoms with E-state index in [1.165, 1.54) is 27.9 Å². The van der Waals surface area contributed by atoms with Crippen molar-refractivity contribution in [1.29, 1.82) is 0 Å². The van der Waals surface area contributed by atoms with Crippen LogP contribution in [0, 0.1) is 33.5 Å². The molecular formula is C30H38FNO2. The molecule has 1 heterocycles. The van der Waals surface area contributed by atoms with Gasteiger partial charge < -0.3 is 14.5 Å². The van der Waals surface area contributed by atoms with Crippen molar-refractivity contribution in [3.63, 3.8) is 0 Å². The number of benzene rings is 3. The molecule has 0 radical (unpaired) electrons. The predicted molar refractivity (Wildman–Crippen MR) is 141 cm³/mol. The zero-order valence-corrected chi connectivity index (χ0v) is 21.2. The van der Waals surface area contributed by atoms with E-state index < -0.39 is 0 Å². The minimum atomic E-state index is -0.0605. The molecule has 0 amide bonds. The summed E-state index contributed by atoms with van der Waals surface area (Å²) < 4.78 is 14.0. The van der Waals surface area contributed by atoms with Gasteiger partial charge in [-0.05, 0) is 87.8 Å². The molecule has 0 saturated heterocycles. The Morgan fingerprint density at radius 1 is 0.853 bits per heavy atom. The van der Waals surface area contributed by atoms with E-state index in [-0.39, 0.29) is 5.82 Å². The molecule has 4 heteroatoms. The van der Waals surface area contributed by atoms with Crippen LogP contribution in [0.2, 0.25) is 0 Å². The topological polar surface area (TPSA) is 37.4 Å². The first-order valence-electron chi connectivity index (χ1n) is 11.5. The van der Waals surface area contributed by atoms with Crippen LogP contribution in [-0.4, -0.2) is 26.7 Å². The van der Waals surface area contributed by atoms with E-state index in [0.29, 0.717) is 6.04 Å². The van der Waals surface area contributed by atoms with Gasteiger partial charge in [-0.1, -0.05) is 59.7 Å². The van der Waals surface area contributed by atoms with Crippen LogP contribution in [0.3, 0.4) is 0 Å². The van der Waals surface area contributed by atoms with Gasteiger partial charge in [-0.3, -0.25) is 0 Å². The fourth-order valence-electron chi connectivity index (χ4n) is 4.20. The number of hydrogen-bond donors (Lipinski definition) is 0. The zero-order valence-electron chi connectivity index (χ0n) is 21.2. The summed E-state index contributed by atoms with van der Waals surface area (Å²) in [5, 5.41) is 0. The van der Waals surface area contributed by atoms with Crippen LogP contribution in [0.4, 0.5) is 10.1 Å². The first-order chi connectivity index (χ1) is 16.3. The summed E-state index contributed by atoms with van der Waals surface area (Å²) >= 11 is 0. The summed E-state index contributed by atoms with van der Waals surface area (Å²) in [5.41, 5.74) is 8.69. The van der Waals surface area contributed by atoms with Gasteiger partial charge in [0.05, 0.1) is 0 Å². The van der Waals surface area contributed by atoms with Crippen LogP contribution in [0.25, 0.3) is 0 Å². The average Bonchev–Trinajstić information content (AvgIpc) is 2.85. The van der Waals surface area contributed by atoms with Crippen molar-refractivity contribution in [2.24, 2.45) is 0 Å². The fourth-order valence-corrected chi connectivity index (χ4v) is 4.20. The van der Waals surface area contributed by atoms with Crippen molar-refractivity contribution in [2.75, 3.05) is 11.9 Å². The fraction of sp³-hybridized carbons (Fsp3) is 0.333. The SMILES string of the molecule is C=O.C=O.Cc1ccc(C)cc1.Cc1ccc(CCC2CCc3c(C)cccc3N2C)c(F)c1. The summed E-state index contributed by atoms with van der Waals surface area (Å²) in [6, 6.07) is 21.1. The third-order valence-corrected chi connectivity index (χ3v) is 6.21. The van der Waals surface area contributed by atoms with Gasteiger partial charge in [-0.2, -0.15) is 0 Å². The molecule has 3 nitrogen and oxygen atoms in total. The monoisotopic (exact) mass is 463 g/mol. The maximum absolute atomic E-state index is 14.0. The Morgan fingerprint density at radius 2 is 1.41 bits per heavy atom. The maximum atomic E-state index is 14.0. The molecule has 0 spiro atoms. The molecule has 0 N–H and O–H groups in total. The number of halogens is 1. The Bertz CT molecular complexity index is 994. The lowest BCUT2D eigenvalue weighted by atomic mass is 9.90. The number of fused-ring (bicyclic) bond motifs is 1. The molecule has 0 aromatic heterocycles. The van der Waals surface area contributed by atoms with Crippen molar-refractivity contribution in [3.8, 4) is 0 Å². The highest BCUT2D eigenvalue weighted by Gasteiger charge is 2.24. The summed E-state index contributed by atoms with van der Waals surface area (Å²) in [7, 11) is 2.17. The highest BCUT2D eigenvalue weighted by atomic mass is 19.1. The molecule has 4 rings (SSSR count). The second kappa shape index (κ2) is 14.8. The molecule has 1 unspecified atom stereocenters. The Morgan fingerprint density at radius 3 is 1.97 bits per heavy atom. The molecule has 3 aromatic rings. The van der Waals surface area contributed by atoms with Gasteiger partial charge in [0.1, 0.15) is 19.4 Å². The van der Waals surface area contributed by atoms with Gasteiger partial charge in [0.15, 0.2) is 0 Å². The Balaban J connectivity index is 0.000000403. The minimum absolute atomic E-state index is 0.0605. The van der Waals surface area contributed by atoms with Crippen molar-refractivity contribution in [2.45, 2.75) is 59.4 Å². The molecule has 1 aliphatic heterocycles. The first-order valence-corrected chi connectivity index (χ1v) is 11.5. The maximum Gasteiger partial charge on any atom is 0.126 e. The standard InChI is InChI=1S/C20H24FN.C8H10.2CH2O/c1-14-7-8-16(19(21)13-14)9-10-17-11-12-18-15(2)5-4-6-20(18)22(17)3;1-7-3-5-8(2)6-4-7;2*1-2/h4-8,13,17H,9-12H2,1-3H3;3-6H,1-2H3;2*1H2. The molecule has 1 aliphatic rings. The molecule has 0 aliphatic carbocycles. The molecule has 1 atom stereocenters. The van der Waals surface area contributed by atoms with E-state index in [4.69, 9.17) is 9.59 Å². The third kappa shape index (κ3) is 8.26. The third-order valence-electron chi connectivity index (χ3n) is 6.21. The summed E-state index contributed by atoms with van der Waals surface area (Å²) in [4.78, 5) is 18.4. The van der Waals surface area contributed by atoms with Gasteiger partial charge in [-0.15, -0.1) is 0 Å². The van der Waals surface area contributed by atoms with E-state index in [0.717, 1.165) is 36.8 Å². The average molecular weight is 464 g/mol. The summed E-state index contributed by atoms with van der Waals surface area (Å²) in [6.07, 6.45) is 4.10. The van der Waals surface area contributed by atoms with E-state index in [1.54, 1.807) is 6.07 Å². The van der Waals surface area contributed by atoms with Gasteiger partial charge in [0.2, 0.25) is 0 Å². The lowest BCUT2D eigenvalue weighted by Gasteiger charge is -2.37. The lowest BCUT2D eigenvalue weighted by molar-refractivity contribution is -0.0987. The smallest absolute Gasteiger partial charge is 0.126 e. The molecule has 0 saturated carbocycles. The Kier molecular flexibility index (Phi) is 12.5. The van der Waals surface area contributed by atoms with E-state index >= 15 is 0 Å². The number of anilines is 1. The predicted octanol–water partition coefficient (Wildman–Crippen LogP) is 6.76. The number of aryl methyl sites for hydroxylation is 5. The van der Waals surface area contributed by atoms with Crippen LogP contribution in [0.15, 0.2) is 60.7 Å². The highest BCUT2D eigenvalue weighted by Crippen LogP contribution is 2.33. The molecule has 0 bridgehead atoms. The second-order valence-electron chi connectivity index (χ2n) is 8.66. The first kappa shape index (κ1) is 28.8. The zero-order chi connectivity index (χ0) is 25.7. The van der Waals surface area contributed by atoms with Crippen LogP contribution < -0.4 is 4.90 Å². The van der Waals surface area contributed by atoms with Crippen molar-refractivity contribution in [3.05, 3.63) is 99.9 Å². The van der Waals surface area contributed by atoms with Gasteiger partial charge >= 0.3 is 0 Å². The number of rotatable bonds is 3. The van der Waals surface area contributed by atoms with Crippen LogP contribution in [0.1, 0.15) is 46.2 Å². The van der Waals surface area contributed by atoms with Gasteiger partial charge in [0, 0.05) is 18.8 Å². The molecule has 182 valence electrons. The number of nitrogens with zero attached hydrogens (tertiary/aromatic N) is 1. The Hall–Kier alpha value is -3.27. The molecule has 3 aromatic carbocycles. The van der Waals surface area contributed by atoms with E-state index in [2.05, 4.69) is 75.2 Å².